The molecule has 0 aliphatic carbocycles. The number of benzene rings is 9. The highest BCUT2D eigenvalue weighted by atomic mass is 32.3. The monoisotopic (exact) mass is 850 g/mol. The first-order valence-electron chi connectivity index (χ1n) is 22.2. The molecule has 11 aromatic rings. The summed E-state index contributed by atoms with van der Waals surface area (Å²) >= 11 is 0. The van der Waals surface area contributed by atoms with Crippen molar-refractivity contribution in [3.8, 4) is 62.1 Å². The van der Waals surface area contributed by atoms with Crippen molar-refractivity contribution in [2.45, 2.75) is 15.2 Å². The van der Waals surface area contributed by atoms with Crippen molar-refractivity contribution in [3.05, 3.63) is 241 Å². The normalized spacial score (nSPS) is 15.9. The molecule has 65 heavy (non-hydrogen) atoms. The molecule has 9 aromatic carbocycles. The van der Waals surface area contributed by atoms with E-state index in [1.54, 1.807) is 0 Å². The molecule has 1 unspecified atom stereocenters. The predicted molar refractivity (Wildman–Crippen MR) is 269 cm³/mol. The van der Waals surface area contributed by atoms with Crippen LogP contribution in [0.25, 0.3) is 83.9 Å². The van der Waals surface area contributed by atoms with Crippen LogP contribution >= 0.6 is 10.0 Å². The molecule has 1 atom stereocenters. The Morgan fingerprint density at radius 3 is 1.68 bits per heavy atom. The minimum Gasteiger partial charge on any atom is -0.309 e. The van der Waals surface area contributed by atoms with Gasteiger partial charge < -0.3 is 4.57 Å². The number of hydrogen-bond donors (Lipinski definition) is 0. The number of aromatic nitrogens is 4. The third-order valence-corrected chi connectivity index (χ3v) is 16.7. The molecule has 308 valence electrons. The lowest BCUT2D eigenvalue weighted by Gasteiger charge is -2.52. The molecule has 2 aliphatic heterocycles. The number of nitrogens with zero attached hydrogens (tertiary/aromatic N) is 4. The van der Waals surface area contributed by atoms with E-state index in [9.17, 15) is 0 Å². The van der Waals surface area contributed by atoms with Crippen LogP contribution in [0.5, 0.6) is 0 Å². The van der Waals surface area contributed by atoms with Crippen molar-refractivity contribution in [1.82, 2.24) is 19.5 Å². The van der Waals surface area contributed by atoms with Gasteiger partial charge in [0, 0.05) is 32.4 Å². The van der Waals surface area contributed by atoms with Crippen LogP contribution in [0.2, 0.25) is 0 Å². The van der Waals surface area contributed by atoms with Crippen molar-refractivity contribution < 1.29 is 0 Å². The van der Waals surface area contributed by atoms with Gasteiger partial charge in [-0.15, -0.1) is 0 Å². The maximum Gasteiger partial charge on any atom is 0.164 e. The molecule has 13 rings (SSSR count). The average Bonchev–Trinajstić information content (AvgIpc) is 3.72. The zero-order valence-corrected chi connectivity index (χ0v) is 36.8. The van der Waals surface area contributed by atoms with Gasteiger partial charge >= 0.3 is 0 Å². The lowest BCUT2D eigenvalue weighted by Crippen LogP contribution is -2.39. The lowest BCUT2D eigenvalue weighted by molar-refractivity contribution is 0.687. The number of hydrogen-bond acceptors (Lipinski definition) is 3. The van der Waals surface area contributed by atoms with Crippen molar-refractivity contribution in [3.63, 3.8) is 0 Å². The van der Waals surface area contributed by atoms with E-state index in [0.717, 1.165) is 27.8 Å². The molecule has 5 heteroatoms. The molecule has 4 heterocycles. The minimum atomic E-state index is -1.56. The van der Waals surface area contributed by atoms with Gasteiger partial charge in [0.2, 0.25) is 0 Å². The van der Waals surface area contributed by atoms with Gasteiger partial charge in [0.25, 0.3) is 0 Å². The molecule has 0 N–H and O–H groups in total. The first-order chi connectivity index (χ1) is 32.0. The molecule has 0 saturated heterocycles. The smallest absolute Gasteiger partial charge is 0.164 e. The minimum absolute atomic E-state index is 0.563. The van der Waals surface area contributed by atoms with Crippen LogP contribution in [-0.4, -0.2) is 32.0 Å². The second-order valence-corrected chi connectivity index (χ2v) is 21.0. The summed E-state index contributed by atoms with van der Waals surface area (Å²) in [5.41, 5.74) is 16.1. The van der Waals surface area contributed by atoms with Crippen LogP contribution in [-0.2, 0) is 5.41 Å². The highest BCUT2D eigenvalue weighted by Crippen LogP contribution is 2.71. The van der Waals surface area contributed by atoms with Crippen LogP contribution in [0.1, 0.15) is 22.3 Å². The zero-order chi connectivity index (χ0) is 43.3. The fourth-order valence-corrected chi connectivity index (χ4v) is 13.9. The summed E-state index contributed by atoms with van der Waals surface area (Å²) in [4.78, 5) is 18.3. The number of para-hydroxylation sites is 3. The molecule has 2 aliphatic rings. The van der Waals surface area contributed by atoms with Crippen LogP contribution < -0.4 is 0 Å². The number of fused-ring (bicyclic) bond motifs is 11. The Balaban J connectivity index is 1.03. The van der Waals surface area contributed by atoms with Crippen molar-refractivity contribution in [2.24, 2.45) is 0 Å². The molecule has 2 aromatic heterocycles. The summed E-state index contributed by atoms with van der Waals surface area (Å²) in [5, 5.41) is 2.56. The van der Waals surface area contributed by atoms with E-state index < -0.39 is 15.4 Å². The summed E-state index contributed by atoms with van der Waals surface area (Å²) in [6.07, 6.45) is 4.98. The zero-order valence-electron chi connectivity index (χ0n) is 36.0. The van der Waals surface area contributed by atoms with Crippen molar-refractivity contribution in [2.75, 3.05) is 12.5 Å². The molecular formula is C60H42N4S. The predicted octanol–water partition coefficient (Wildman–Crippen LogP) is 14.8. The van der Waals surface area contributed by atoms with E-state index in [1.165, 1.54) is 70.7 Å². The van der Waals surface area contributed by atoms with Crippen molar-refractivity contribution >= 4 is 31.8 Å². The molecule has 0 saturated carbocycles. The Hall–Kier alpha value is -7.86. The maximum absolute atomic E-state index is 5.22. The Bertz CT molecular complexity index is 3690. The third-order valence-electron chi connectivity index (χ3n) is 13.8. The van der Waals surface area contributed by atoms with Gasteiger partial charge in [0.05, 0.1) is 22.1 Å². The van der Waals surface area contributed by atoms with Gasteiger partial charge in [0.1, 0.15) is 0 Å². The van der Waals surface area contributed by atoms with Crippen LogP contribution in [0.15, 0.2) is 228 Å². The van der Waals surface area contributed by atoms with Crippen LogP contribution in [0.3, 0.4) is 0 Å². The fourth-order valence-electron chi connectivity index (χ4n) is 11.0. The fraction of sp³-hybridized carbons (Fsp3) is 0.0500. The first kappa shape index (κ1) is 37.7. The van der Waals surface area contributed by atoms with Gasteiger partial charge in [-0.25, -0.2) is 15.0 Å². The summed E-state index contributed by atoms with van der Waals surface area (Å²) in [6.45, 7) is 0. The summed E-state index contributed by atoms with van der Waals surface area (Å²) < 4.78 is 2.52. The highest BCUT2D eigenvalue weighted by Gasteiger charge is 2.52. The topological polar surface area (TPSA) is 43.6 Å². The van der Waals surface area contributed by atoms with E-state index in [-0.39, 0.29) is 0 Å². The van der Waals surface area contributed by atoms with E-state index in [1.807, 2.05) is 24.3 Å². The quantitative estimate of drug-likeness (QED) is 0.173. The van der Waals surface area contributed by atoms with E-state index >= 15 is 0 Å². The number of rotatable bonds is 5. The molecule has 0 bridgehead atoms. The van der Waals surface area contributed by atoms with Gasteiger partial charge in [-0.1, -0.05) is 194 Å². The summed E-state index contributed by atoms with van der Waals surface area (Å²) in [5.74, 6) is 1.93. The standard InChI is InChI=1S/C60H42N4S/c1-65(2)54-33-14-11-28-49(54)60(48-27-10-13-32-53(48)64-52-31-12-9-24-46(52)47-26-17-29-50(60)55(47)64)51-30-16-25-45(56(51)65)43-22-15-23-44(38-43)59-62-57(41-20-7-4-8-21-41)61-58(63-59)42-36-34-40(35-37-42)39-18-5-3-6-19-39/h3-38H,1-2H3. The Morgan fingerprint density at radius 1 is 0.385 bits per heavy atom. The van der Waals surface area contributed by atoms with Gasteiger partial charge in [0.15, 0.2) is 17.5 Å². The highest BCUT2D eigenvalue weighted by molar-refractivity contribution is 8.33. The SMILES string of the molecule is CS1(C)c2ccccc2C2(c3ccccc3-n3c4ccccc4c4cccc2c43)c2cccc(-c3cccc(-c4nc(-c5ccccc5)nc(-c5ccc(-c6ccccc6)cc5)n4)c3)c21. The largest absolute Gasteiger partial charge is 0.309 e. The van der Waals surface area contributed by atoms with Crippen molar-refractivity contribution in [1.29, 1.82) is 0 Å². The van der Waals surface area contributed by atoms with E-state index in [2.05, 4.69) is 211 Å². The lowest BCUT2D eigenvalue weighted by atomic mass is 9.62. The second-order valence-electron chi connectivity index (χ2n) is 17.5. The molecule has 0 amide bonds. The second kappa shape index (κ2) is 14.3. The Morgan fingerprint density at radius 2 is 0.892 bits per heavy atom. The molecular weight excluding hydrogens is 809 g/mol. The molecule has 0 fully saturated rings. The molecule has 0 radical (unpaired) electrons. The third kappa shape index (κ3) is 5.49. The van der Waals surface area contributed by atoms with Crippen LogP contribution in [0.4, 0.5) is 0 Å². The average molecular weight is 851 g/mol. The van der Waals surface area contributed by atoms with Gasteiger partial charge in [-0.05, 0) is 86.2 Å². The maximum atomic E-state index is 5.22. The summed E-state index contributed by atoms with van der Waals surface area (Å²) in [6, 6.07) is 79.4. The van der Waals surface area contributed by atoms with Gasteiger partial charge in [-0.3, -0.25) is 0 Å². The van der Waals surface area contributed by atoms with E-state index in [0.29, 0.717) is 17.5 Å². The van der Waals surface area contributed by atoms with Crippen LogP contribution in [0, 0.1) is 0 Å². The Kier molecular flexibility index (Phi) is 8.31. The van der Waals surface area contributed by atoms with E-state index in [4.69, 9.17) is 15.0 Å². The molecule has 1 spiro atoms. The first-order valence-corrected chi connectivity index (χ1v) is 24.6. The molecule has 4 nitrogen and oxygen atoms in total. The Labute approximate surface area is 379 Å². The summed E-state index contributed by atoms with van der Waals surface area (Å²) in [7, 11) is -1.56. The van der Waals surface area contributed by atoms with Gasteiger partial charge in [-0.2, -0.15) is 10.0 Å².